The normalized spacial score (nSPS) is 10.9. The smallest absolute Gasteiger partial charge is 0.317 e. The molecule has 0 aliphatic heterocycles. The second-order valence-electron chi connectivity index (χ2n) is 3.37. The number of aliphatic carboxylic acids is 1. The van der Waals surface area contributed by atoms with E-state index in [0.29, 0.717) is 13.1 Å². The maximum absolute atomic E-state index is 10.6. The molecule has 1 amide bonds. The van der Waals surface area contributed by atoms with Gasteiger partial charge in [0.1, 0.15) is 0 Å². The SMILES string of the molecule is CN(C)CCN(CC(N)=O)CC(=O)O. The lowest BCUT2D eigenvalue weighted by atomic mass is 10.4. The van der Waals surface area contributed by atoms with Crippen LogP contribution in [0, 0.1) is 0 Å². The van der Waals surface area contributed by atoms with Gasteiger partial charge >= 0.3 is 5.97 Å². The Bertz CT molecular complexity index is 190. The summed E-state index contributed by atoms with van der Waals surface area (Å²) in [4.78, 5) is 24.5. The van der Waals surface area contributed by atoms with E-state index in [-0.39, 0.29) is 13.1 Å². The van der Waals surface area contributed by atoms with Gasteiger partial charge < -0.3 is 15.7 Å². The van der Waals surface area contributed by atoms with Crippen molar-refractivity contribution >= 4 is 11.9 Å². The number of nitrogens with two attached hydrogens (primary N) is 1. The van der Waals surface area contributed by atoms with Crippen LogP contribution < -0.4 is 5.73 Å². The summed E-state index contributed by atoms with van der Waals surface area (Å²) in [6, 6.07) is 0. The zero-order valence-corrected chi connectivity index (χ0v) is 8.56. The molecule has 6 heteroatoms. The zero-order chi connectivity index (χ0) is 11.1. The van der Waals surface area contributed by atoms with E-state index in [1.54, 1.807) is 0 Å². The Morgan fingerprint density at radius 1 is 1.21 bits per heavy atom. The van der Waals surface area contributed by atoms with Crippen LogP contribution in [0.2, 0.25) is 0 Å². The van der Waals surface area contributed by atoms with Gasteiger partial charge in [0.25, 0.3) is 0 Å². The number of hydrogen-bond donors (Lipinski definition) is 2. The molecule has 6 nitrogen and oxygen atoms in total. The first-order chi connectivity index (χ1) is 6.41. The van der Waals surface area contributed by atoms with Crippen LogP contribution in [0.25, 0.3) is 0 Å². The van der Waals surface area contributed by atoms with E-state index in [2.05, 4.69) is 0 Å². The van der Waals surface area contributed by atoms with Gasteiger partial charge in [0.05, 0.1) is 13.1 Å². The molecule has 0 aliphatic rings. The molecule has 0 atom stereocenters. The summed E-state index contributed by atoms with van der Waals surface area (Å²) in [5.41, 5.74) is 4.99. The van der Waals surface area contributed by atoms with Crippen LogP contribution >= 0.6 is 0 Å². The van der Waals surface area contributed by atoms with Gasteiger partial charge in [-0.05, 0) is 14.1 Å². The molecule has 0 spiro atoms. The molecule has 0 radical (unpaired) electrons. The molecule has 0 aromatic heterocycles. The molecule has 0 aromatic rings. The number of nitrogens with zero attached hydrogens (tertiary/aromatic N) is 2. The van der Waals surface area contributed by atoms with Crippen molar-refractivity contribution in [3.63, 3.8) is 0 Å². The van der Waals surface area contributed by atoms with Gasteiger partial charge in [-0.1, -0.05) is 0 Å². The van der Waals surface area contributed by atoms with Crippen LogP contribution in [-0.4, -0.2) is 67.1 Å². The molecule has 0 saturated heterocycles. The Morgan fingerprint density at radius 3 is 2.14 bits per heavy atom. The number of carboxylic acid groups (broad SMARTS) is 1. The van der Waals surface area contributed by atoms with Gasteiger partial charge in [-0.25, -0.2) is 0 Å². The Balaban J connectivity index is 3.96. The lowest BCUT2D eigenvalue weighted by Gasteiger charge is -2.20. The number of likely N-dealkylation sites (N-methyl/N-ethyl adjacent to an activating group) is 1. The first-order valence-electron chi connectivity index (χ1n) is 4.29. The minimum atomic E-state index is -0.954. The summed E-state index contributed by atoms with van der Waals surface area (Å²) >= 11 is 0. The highest BCUT2D eigenvalue weighted by Gasteiger charge is 2.11. The van der Waals surface area contributed by atoms with Crippen LogP contribution in [0.1, 0.15) is 0 Å². The summed E-state index contributed by atoms with van der Waals surface area (Å²) in [6.45, 7) is 1.04. The van der Waals surface area contributed by atoms with Crippen LogP contribution in [-0.2, 0) is 9.59 Å². The summed E-state index contributed by atoms with van der Waals surface area (Å²) in [5, 5.41) is 8.55. The average molecular weight is 203 g/mol. The number of carbonyl (C=O) groups excluding carboxylic acids is 1. The Kier molecular flexibility index (Phi) is 5.82. The first kappa shape index (κ1) is 12.9. The van der Waals surface area contributed by atoms with Crippen molar-refractivity contribution in [2.24, 2.45) is 5.73 Å². The maximum Gasteiger partial charge on any atom is 0.317 e. The monoisotopic (exact) mass is 203 g/mol. The topological polar surface area (TPSA) is 86.9 Å². The number of rotatable bonds is 7. The third kappa shape index (κ3) is 7.51. The molecule has 3 N–H and O–H groups in total. The van der Waals surface area contributed by atoms with Gasteiger partial charge in [-0.2, -0.15) is 0 Å². The number of amides is 1. The summed E-state index contributed by atoms with van der Waals surface area (Å²) in [6.07, 6.45) is 0. The van der Waals surface area contributed by atoms with E-state index < -0.39 is 11.9 Å². The van der Waals surface area contributed by atoms with E-state index in [1.165, 1.54) is 4.90 Å². The number of hydrogen-bond acceptors (Lipinski definition) is 4. The molecule has 0 bridgehead atoms. The van der Waals surface area contributed by atoms with Gasteiger partial charge in [0.2, 0.25) is 5.91 Å². The number of carboxylic acids is 1. The van der Waals surface area contributed by atoms with Crippen LogP contribution in [0.5, 0.6) is 0 Å². The van der Waals surface area contributed by atoms with Crippen molar-refractivity contribution < 1.29 is 14.7 Å². The zero-order valence-electron chi connectivity index (χ0n) is 8.56. The van der Waals surface area contributed by atoms with Crippen LogP contribution in [0.15, 0.2) is 0 Å². The highest BCUT2D eigenvalue weighted by Crippen LogP contribution is 1.88. The standard InChI is InChI=1S/C8H17N3O3/c1-10(2)3-4-11(5-7(9)12)6-8(13)14/h3-6H2,1-2H3,(H2,9,12)(H,13,14). The van der Waals surface area contributed by atoms with Crippen molar-refractivity contribution in [2.45, 2.75) is 0 Å². The minimum Gasteiger partial charge on any atom is -0.480 e. The fourth-order valence-corrected chi connectivity index (χ4v) is 0.967. The number of primary amides is 1. The molecule has 0 fully saturated rings. The van der Waals surface area contributed by atoms with E-state index in [1.807, 2.05) is 19.0 Å². The fourth-order valence-electron chi connectivity index (χ4n) is 0.967. The third-order valence-corrected chi connectivity index (χ3v) is 1.60. The summed E-state index contributed by atoms with van der Waals surface area (Å²) in [7, 11) is 3.76. The van der Waals surface area contributed by atoms with E-state index in [0.717, 1.165) is 0 Å². The second-order valence-corrected chi connectivity index (χ2v) is 3.37. The molecule has 82 valence electrons. The molecule has 0 unspecified atom stereocenters. The first-order valence-corrected chi connectivity index (χ1v) is 4.29. The highest BCUT2D eigenvalue weighted by atomic mass is 16.4. The molecular weight excluding hydrogens is 186 g/mol. The third-order valence-electron chi connectivity index (χ3n) is 1.60. The number of carbonyl (C=O) groups is 2. The van der Waals surface area contributed by atoms with Crippen molar-refractivity contribution in [2.75, 3.05) is 40.3 Å². The quantitative estimate of drug-likeness (QED) is 0.521. The second kappa shape index (κ2) is 6.33. The van der Waals surface area contributed by atoms with Crippen LogP contribution in [0.3, 0.4) is 0 Å². The highest BCUT2D eigenvalue weighted by molar-refractivity contribution is 5.77. The lowest BCUT2D eigenvalue weighted by Crippen LogP contribution is -2.40. The predicted octanol–water partition coefficient (Wildman–Crippen LogP) is -1.58. The van der Waals surface area contributed by atoms with E-state index in [9.17, 15) is 9.59 Å². The average Bonchev–Trinajstić information content (AvgIpc) is 1.97. The molecule has 14 heavy (non-hydrogen) atoms. The molecule has 0 rings (SSSR count). The van der Waals surface area contributed by atoms with Crippen LogP contribution in [0.4, 0.5) is 0 Å². The molecule has 0 aromatic carbocycles. The van der Waals surface area contributed by atoms with Crippen molar-refractivity contribution in [1.29, 1.82) is 0 Å². The van der Waals surface area contributed by atoms with Gasteiger partial charge in [0.15, 0.2) is 0 Å². The van der Waals surface area contributed by atoms with Gasteiger partial charge in [-0.15, -0.1) is 0 Å². The van der Waals surface area contributed by atoms with E-state index >= 15 is 0 Å². The Morgan fingerprint density at radius 2 is 1.79 bits per heavy atom. The summed E-state index contributed by atoms with van der Waals surface area (Å²) < 4.78 is 0. The molecule has 0 heterocycles. The predicted molar refractivity (Wildman–Crippen MR) is 51.8 cm³/mol. The molecule has 0 saturated carbocycles. The largest absolute Gasteiger partial charge is 0.480 e. The van der Waals surface area contributed by atoms with Crippen molar-refractivity contribution in [3.8, 4) is 0 Å². The lowest BCUT2D eigenvalue weighted by molar-refractivity contribution is -0.138. The molecular formula is C8H17N3O3. The van der Waals surface area contributed by atoms with Crippen molar-refractivity contribution in [3.05, 3.63) is 0 Å². The molecule has 0 aliphatic carbocycles. The van der Waals surface area contributed by atoms with Crippen molar-refractivity contribution in [1.82, 2.24) is 9.80 Å². The van der Waals surface area contributed by atoms with E-state index in [4.69, 9.17) is 10.8 Å². The maximum atomic E-state index is 10.6. The Labute approximate surface area is 83.3 Å². The summed E-state index contributed by atoms with van der Waals surface area (Å²) in [5.74, 6) is -1.46. The minimum absolute atomic E-state index is 0.0138. The fraction of sp³-hybridized carbons (Fsp3) is 0.750. The Hall–Kier alpha value is -1.14. The van der Waals surface area contributed by atoms with Gasteiger partial charge in [0, 0.05) is 13.1 Å². The van der Waals surface area contributed by atoms with Gasteiger partial charge in [-0.3, -0.25) is 14.5 Å².